The lowest BCUT2D eigenvalue weighted by molar-refractivity contribution is -0.896. The van der Waals surface area contributed by atoms with Gasteiger partial charge in [0.2, 0.25) is 0 Å². The van der Waals surface area contributed by atoms with Crippen molar-refractivity contribution in [1.29, 1.82) is 0 Å². The maximum atomic E-state index is 12.8. The molecule has 2 aromatic rings. The zero-order chi connectivity index (χ0) is 21.3. The van der Waals surface area contributed by atoms with Crippen LogP contribution >= 0.6 is 0 Å². The van der Waals surface area contributed by atoms with Crippen molar-refractivity contribution in [1.82, 2.24) is 10.2 Å². The van der Waals surface area contributed by atoms with Crippen molar-refractivity contribution < 1.29 is 24.0 Å². The number of nitrogens with zero attached hydrogens (tertiary/aromatic N) is 1. The number of benzene rings is 2. The van der Waals surface area contributed by atoms with Crippen LogP contribution in [0.25, 0.3) is 0 Å². The maximum Gasteiger partial charge on any atom is 0.410 e. The fraction of sp³-hybridized carbons (Fsp3) is 0.391. The van der Waals surface area contributed by atoms with Gasteiger partial charge >= 0.3 is 6.09 Å². The van der Waals surface area contributed by atoms with E-state index < -0.39 is 0 Å². The molecule has 1 heterocycles. The lowest BCUT2D eigenvalue weighted by Gasteiger charge is -2.31. The molecule has 0 spiro atoms. The molecule has 1 fully saturated rings. The molecule has 3 rings (SSSR count). The van der Waals surface area contributed by atoms with Crippen LogP contribution in [-0.2, 0) is 9.53 Å². The van der Waals surface area contributed by atoms with Gasteiger partial charge < -0.3 is 19.7 Å². The molecule has 160 valence electrons. The van der Waals surface area contributed by atoms with Crippen molar-refractivity contribution in [3.63, 3.8) is 0 Å². The van der Waals surface area contributed by atoms with Crippen molar-refractivity contribution >= 4 is 12.0 Å². The molecule has 7 heteroatoms. The highest BCUT2D eigenvalue weighted by atomic mass is 16.6. The fourth-order valence-corrected chi connectivity index (χ4v) is 3.64. The summed E-state index contributed by atoms with van der Waals surface area (Å²) in [5.74, 6) is 0.764. The average molecular weight is 413 g/mol. The van der Waals surface area contributed by atoms with Crippen LogP contribution in [0.1, 0.15) is 24.1 Å². The van der Waals surface area contributed by atoms with Crippen LogP contribution < -0.4 is 15.0 Å². The fourth-order valence-electron chi connectivity index (χ4n) is 3.64. The Hall–Kier alpha value is -3.06. The first-order valence-electron chi connectivity index (χ1n) is 10.3. The number of amides is 2. The molecule has 1 aliphatic heterocycles. The van der Waals surface area contributed by atoms with Gasteiger partial charge in [-0.25, -0.2) is 4.79 Å². The van der Waals surface area contributed by atoms with E-state index in [-0.39, 0.29) is 18.0 Å². The van der Waals surface area contributed by atoms with Crippen LogP contribution in [-0.4, -0.2) is 63.3 Å². The number of methoxy groups -OCH3 is 1. The Morgan fingerprint density at radius 1 is 1.03 bits per heavy atom. The minimum atomic E-state index is -0.273. The van der Waals surface area contributed by atoms with Crippen LogP contribution in [0.15, 0.2) is 54.6 Å². The zero-order valence-corrected chi connectivity index (χ0v) is 17.6. The summed E-state index contributed by atoms with van der Waals surface area (Å²) in [6.07, 6.45) is -0.273. The Kier molecular flexibility index (Phi) is 7.68. The second-order valence-electron chi connectivity index (χ2n) is 7.30. The van der Waals surface area contributed by atoms with Crippen molar-refractivity contribution in [2.75, 3.05) is 46.4 Å². The van der Waals surface area contributed by atoms with Crippen molar-refractivity contribution in [3.8, 4) is 5.75 Å². The Labute approximate surface area is 177 Å². The molecule has 0 bridgehead atoms. The van der Waals surface area contributed by atoms with E-state index in [2.05, 4.69) is 5.32 Å². The van der Waals surface area contributed by atoms with E-state index in [4.69, 9.17) is 9.47 Å². The molecule has 0 radical (unpaired) electrons. The second kappa shape index (κ2) is 10.6. The van der Waals surface area contributed by atoms with E-state index >= 15 is 0 Å². The van der Waals surface area contributed by atoms with Gasteiger partial charge in [0.1, 0.15) is 5.75 Å². The van der Waals surface area contributed by atoms with E-state index in [0.717, 1.165) is 34.9 Å². The first-order valence-corrected chi connectivity index (χ1v) is 10.3. The molecule has 30 heavy (non-hydrogen) atoms. The maximum absolute atomic E-state index is 12.8. The Morgan fingerprint density at radius 2 is 1.67 bits per heavy atom. The lowest BCUT2D eigenvalue weighted by atomic mass is 9.98. The highest BCUT2D eigenvalue weighted by Gasteiger charge is 2.27. The van der Waals surface area contributed by atoms with E-state index in [1.54, 1.807) is 18.9 Å². The smallest absolute Gasteiger partial charge is 0.410 e. The molecule has 1 saturated heterocycles. The molecule has 0 saturated carbocycles. The van der Waals surface area contributed by atoms with Crippen molar-refractivity contribution in [3.05, 3.63) is 65.7 Å². The summed E-state index contributed by atoms with van der Waals surface area (Å²) in [5.41, 5.74) is 2.02. The van der Waals surface area contributed by atoms with Gasteiger partial charge in [0.25, 0.3) is 5.91 Å². The zero-order valence-electron chi connectivity index (χ0n) is 17.6. The van der Waals surface area contributed by atoms with Crippen LogP contribution in [0.2, 0.25) is 0 Å². The van der Waals surface area contributed by atoms with Crippen molar-refractivity contribution in [2.24, 2.45) is 0 Å². The molecule has 1 aliphatic rings. The van der Waals surface area contributed by atoms with Gasteiger partial charge in [0.05, 0.1) is 45.9 Å². The number of rotatable bonds is 7. The summed E-state index contributed by atoms with van der Waals surface area (Å²) in [7, 11) is 1.63. The quantitative estimate of drug-likeness (QED) is 0.718. The number of ether oxygens (including phenoxy) is 2. The summed E-state index contributed by atoms with van der Waals surface area (Å²) in [6.45, 7) is 5.20. The molecule has 7 nitrogen and oxygen atoms in total. The Balaban J connectivity index is 1.62. The summed E-state index contributed by atoms with van der Waals surface area (Å²) < 4.78 is 10.3. The highest BCUT2D eigenvalue weighted by molar-refractivity contribution is 5.78. The standard InChI is InChI=1S/C23H29N3O4/c1-3-30-23(28)26-15-13-25(14-16-26)17-21(27)24-22(18-7-5-4-6-8-18)19-9-11-20(29-2)12-10-19/h4-12,22H,3,13-17H2,1-2H3,(H,24,27)/p+1/t22-/m1/s1. The minimum Gasteiger partial charge on any atom is -0.497 e. The summed E-state index contributed by atoms with van der Waals surface area (Å²) >= 11 is 0. The van der Waals surface area contributed by atoms with E-state index in [0.29, 0.717) is 26.2 Å². The monoisotopic (exact) mass is 412 g/mol. The topological polar surface area (TPSA) is 72.3 Å². The molecular formula is C23H30N3O4+. The molecule has 0 aromatic heterocycles. The van der Waals surface area contributed by atoms with Crippen LogP contribution in [0.3, 0.4) is 0 Å². The number of hydrogen-bond donors (Lipinski definition) is 2. The predicted molar refractivity (Wildman–Crippen MR) is 114 cm³/mol. The Bertz CT molecular complexity index is 818. The summed E-state index contributed by atoms with van der Waals surface area (Å²) in [4.78, 5) is 27.6. The molecule has 0 aliphatic carbocycles. The number of carbonyl (C=O) groups excluding carboxylic acids is 2. The largest absolute Gasteiger partial charge is 0.497 e. The average Bonchev–Trinajstić information content (AvgIpc) is 2.79. The number of quaternary nitrogens is 1. The van der Waals surface area contributed by atoms with Crippen LogP contribution in [0.4, 0.5) is 4.79 Å². The Morgan fingerprint density at radius 3 is 2.27 bits per heavy atom. The molecule has 1 atom stereocenters. The number of nitrogens with one attached hydrogen (secondary N) is 2. The summed E-state index contributed by atoms with van der Waals surface area (Å²) in [5, 5.41) is 3.18. The van der Waals surface area contributed by atoms with Gasteiger partial charge in [0.15, 0.2) is 6.54 Å². The normalized spacial score (nSPS) is 15.3. The van der Waals surface area contributed by atoms with E-state index in [1.165, 1.54) is 0 Å². The van der Waals surface area contributed by atoms with Crippen LogP contribution in [0, 0.1) is 0 Å². The number of hydrogen-bond acceptors (Lipinski definition) is 4. The first kappa shape index (κ1) is 21.6. The SMILES string of the molecule is CCOC(=O)N1CC[NH+](CC(=O)N[C@H](c2ccccc2)c2ccc(OC)cc2)CC1. The van der Waals surface area contributed by atoms with Gasteiger partial charge in [-0.15, -0.1) is 0 Å². The van der Waals surface area contributed by atoms with Gasteiger partial charge in [-0.3, -0.25) is 9.69 Å². The second-order valence-corrected chi connectivity index (χ2v) is 7.30. The molecule has 0 unspecified atom stereocenters. The third-order valence-corrected chi connectivity index (χ3v) is 5.29. The molecular weight excluding hydrogens is 382 g/mol. The van der Waals surface area contributed by atoms with Gasteiger partial charge in [-0.05, 0) is 30.2 Å². The predicted octanol–water partition coefficient (Wildman–Crippen LogP) is 1.26. The lowest BCUT2D eigenvalue weighted by Crippen LogP contribution is -3.15. The van der Waals surface area contributed by atoms with Crippen LogP contribution in [0.5, 0.6) is 5.75 Å². The third-order valence-electron chi connectivity index (χ3n) is 5.29. The molecule has 2 N–H and O–H groups in total. The summed E-state index contributed by atoms with van der Waals surface area (Å²) in [6, 6.07) is 17.4. The van der Waals surface area contributed by atoms with Crippen molar-refractivity contribution in [2.45, 2.75) is 13.0 Å². The number of piperazine rings is 1. The van der Waals surface area contributed by atoms with Gasteiger partial charge in [0, 0.05) is 0 Å². The van der Waals surface area contributed by atoms with E-state index in [9.17, 15) is 9.59 Å². The molecule has 2 amide bonds. The third kappa shape index (κ3) is 5.73. The number of carbonyl (C=O) groups is 2. The van der Waals surface area contributed by atoms with Gasteiger partial charge in [-0.1, -0.05) is 42.5 Å². The van der Waals surface area contributed by atoms with E-state index in [1.807, 2.05) is 54.6 Å². The highest BCUT2D eigenvalue weighted by Crippen LogP contribution is 2.24. The minimum absolute atomic E-state index is 0.0146. The first-order chi connectivity index (χ1) is 14.6. The molecule has 2 aromatic carbocycles. The van der Waals surface area contributed by atoms with Gasteiger partial charge in [-0.2, -0.15) is 0 Å².